The third-order valence-corrected chi connectivity index (χ3v) is 4.02. The van der Waals surface area contributed by atoms with Gasteiger partial charge < -0.3 is 9.47 Å². The summed E-state index contributed by atoms with van der Waals surface area (Å²) in [5.41, 5.74) is 0.883. The first-order chi connectivity index (χ1) is 9.04. The van der Waals surface area contributed by atoms with Gasteiger partial charge in [-0.3, -0.25) is 0 Å². The SMILES string of the molecule is COc1ccc(CN2CCCC(F)(F)S2)c(OC)c1. The lowest BCUT2D eigenvalue weighted by molar-refractivity contribution is 0.0755. The van der Waals surface area contributed by atoms with Crippen LogP contribution < -0.4 is 9.47 Å². The van der Waals surface area contributed by atoms with Crippen LogP contribution in [0.2, 0.25) is 0 Å². The van der Waals surface area contributed by atoms with E-state index in [9.17, 15) is 8.78 Å². The highest BCUT2D eigenvalue weighted by molar-refractivity contribution is 7.98. The summed E-state index contributed by atoms with van der Waals surface area (Å²) in [5, 5.41) is -2.65. The van der Waals surface area contributed by atoms with Gasteiger partial charge in [0.15, 0.2) is 0 Å². The molecule has 0 spiro atoms. The Morgan fingerprint density at radius 3 is 2.74 bits per heavy atom. The fourth-order valence-corrected chi connectivity index (χ4v) is 3.06. The summed E-state index contributed by atoms with van der Waals surface area (Å²) >= 11 is 0.626. The predicted molar refractivity (Wildman–Crippen MR) is 71.7 cm³/mol. The first kappa shape index (κ1) is 14.4. The van der Waals surface area contributed by atoms with Crippen molar-refractivity contribution in [1.29, 1.82) is 0 Å². The van der Waals surface area contributed by atoms with Crippen molar-refractivity contribution in [1.82, 2.24) is 4.31 Å². The summed E-state index contributed by atoms with van der Waals surface area (Å²) in [4.78, 5) is 0. The normalized spacial score (nSPS) is 19.2. The fraction of sp³-hybridized carbons (Fsp3) is 0.538. The van der Waals surface area contributed by atoms with E-state index in [-0.39, 0.29) is 6.42 Å². The molecule has 0 amide bonds. The van der Waals surface area contributed by atoms with E-state index in [1.54, 1.807) is 24.6 Å². The van der Waals surface area contributed by atoms with Crippen molar-refractivity contribution in [3.05, 3.63) is 23.8 Å². The van der Waals surface area contributed by atoms with Crippen LogP contribution in [0.3, 0.4) is 0 Å². The van der Waals surface area contributed by atoms with Gasteiger partial charge in [0, 0.05) is 31.1 Å². The number of nitrogens with zero attached hydrogens (tertiary/aromatic N) is 1. The molecule has 0 N–H and O–H groups in total. The molecule has 106 valence electrons. The highest BCUT2D eigenvalue weighted by Gasteiger charge is 2.36. The van der Waals surface area contributed by atoms with Crippen LogP contribution >= 0.6 is 11.9 Å². The Bertz CT molecular complexity index is 443. The van der Waals surface area contributed by atoms with Gasteiger partial charge in [-0.2, -0.15) is 8.78 Å². The molecule has 0 aromatic heterocycles. The first-order valence-electron chi connectivity index (χ1n) is 6.07. The van der Waals surface area contributed by atoms with Crippen molar-refractivity contribution in [2.45, 2.75) is 24.6 Å². The second kappa shape index (κ2) is 5.96. The average molecular weight is 289 g/mol. The lowest BCUT2D eigenvalue weighted by atomic mass is 10.2. The van der Waals surface area contributed by atoms with Gasteiger partial charge >= 0.3 is 5.25 Å². The summed E-state index contributed by atoms with van der Waals surface area (Å²) in [7, 11) is 3.14. The number of ether oxygens (including phenoxy) is 2. The van der Waals surface area contributed by atoms with Gasteiger partial charge in [0.05, 0.1) is 14.2 Å². The summed E-state index contributed by atoms with van der Waals surface area (Å²) < 4.78 is 38.7. The molecular weight excluding hydrogens is 272 g/mol. The summed E-state index contributed by atoms with van der Waals surface area (Å²) in [5.74, 6) is 1.35. The Hall–Kier alpha value is -1.01. The van der Waals surface area contributed by atoms with Crippen molar-refractivity contribution in [3.63, 3.8) is 0 Å². The number of hydrogen-bond acceptors (Lipinski definition) is 4. The molecule has 6 heteroatoms. The second-order valence-electron chi connectivity index (χ2n) is 4.37. The van der Waals surface area contributed by atoms with Crippen LogP contribution in [0.25, 0.3) is 0 Å². The minimum Gasteiger partial charge on any atom is -0.497 e. The monoisotopic (exact) mass is 289 g/mol. The van der Waals surface area contributed by atoms with E-state index in [0.29, 0.717) is 43.0 Å². The van der Waals surface area contributed by atoms with Gasteiger partial charge in [-0.05, 0) is 24.4 Å². The molecular formula is C13H17F2NO2S. The molecule has 0 bridgehead atoms. The smallest absolute Gasteiger partial charge is 0.307 e. The number of rotatable bonds is 4. The van der Waals surface area contributed by atoms with Crippen LogP contribution in [0.4, 0.5) is 8.78 Å². The van der Waals surface area contributed by atoms with E-state index in [4.69, 9.17) is 9.47 Å². The Balaban J connectivity index is 2.10. The lowest BCUT2D eigenvalue weighted by Gasteiger charge is -2.31. The molecule has 0 atom stereocenters. The Morgan fingerprint density at radius 2 is 2.11 bits per heavy atom. The van der Waals surface area contributed by atoms with E-state index < -0.39 is 5.25 Å². The largest absolute Gasteiger partial charge is 0.497 e. The van der Waals surface area contributed by atoms with Crippen LogP contribution in [0.1, 0.15) is 18.4 Å². The van der Waals surface area contributed by atoms with Crippen molar-refractivity contribution in [2.24, 2.45) is 0 Å². The van der Waals surface area contributed by atoms with E-state index in [1.807, 2.05) is 12.1 Å². The standard InChI is InChI=1S/C13H17F2NO2S/c1-17-11-5-4-10(12(8-11)18-2)9-16-7-3-6-13(14,15)19-16/h4-5,8H,3,6-7,9H2,1-2H3. The Labute approximate surface area is 116 Å². The highest BCUT2D eigenvalue weighted by atomic mass is 32.2. The Morgan fingerprint density at radius 1 is 1.32 bits per heavy atom. The zero-order valence-corrected chi connectivity index (χ0v) is 11.8. The van der Waals surface area contributed by atoms with Gasteiger partial charge in [0.1, 0.15) is 11.5 Å². The summed E-state index contributed by atoms with van der Waals surface area (Å²) in [6.45, 7) is 1.10. The molecule has 1 heterocycles. The molecule has 2 rings (SSSR count). The third kappa shape index (κ3) is 3.73. The van der Waals surface area contributed by atoms with Crippen LogP contribution in [0.15, 0.2) is 18.2 Å². The summed E-state index contributed by atoms with van der Waals surface area (Å²) in [6.07, 6.45) is 0.465. The number of halogens is 2. The van der Waals surface area contributed by atoms with Crippen molar-refractivity contribution >= 4 is 11.9 Å². The van der Waals surface area contributed by atoms with E-state index in [0.717, 1.165) is 5.56 Å². The van der Waals surface area contributed by atoms with Gasteiger partial charge in [-0.15, -0.1) is 0 Å². The molecule has 19 heavy (non-hydrogen) atoms. The van der Waals surface area contributed by atoms with Gasteiger partial charge in [0.2, 0.25) is 0 Å². The summed E-state index contributed by atoms with van der Waals surface area (Å²) in [6, 6.07) is 5.43. The molecule has 1 aromatic rings. The molecule has 1 fully saturated rings. The number of hydrogen-bond donors (Lipinski definition) is 0. The van der Waals surface area contributed by atoms with E-state index in [2.05, 4.69) is 0 Å². The highest BCUT2D eigenvalue weighted by Crippen LogP contribution is 2.41. The second-order valence-corrected chi connectivity index (χ2v) is 5.67. The maximum absolute atomic E-state index is 13.3. The molecule has 1 aliphatic rings. The van der Waals surface area contributed by atoms with E-state index in [1.165, 1.54) is 0 Å². The molecule has 0 aliphatic carbocycles. The average Bonchev–Trinajstić information content (AvgIpc) is 2.38. The quantitative estimate of drug-likeness (QED) is 0.790. The van der Waals surface area contributed by atoms with E-state index >= 15 is 0 Å². The molecule has 3 nitrogen and oxygen atoms in total. The van der Waals surface area contributed by atoms with Crippen LogP contribution in [-0.4, -0.2) is 30.3 Å². The molecule has 0 radical (unpaired) electrons. The molecule has 1 aromatic carbocycles. The van der Waals surface area contributed by atoms with Crippen molar-refractivity contribution < 1.29 is 18.3 Å². The molecule has 0 saturated carbocycles. The fourth-order valence-electron chi connectivity index (χ4n) is 2.03. The molecule has 1 aliphatic heterocycles. The van der Waals surface area contributed by atoms with Crippen molar-refractivity contribution in [2.75, 3.05) is 20.8 Å². The topological polar surface area (TPSA) is 21.7 Å². The lowest BCUT2D eigenvalue weighted by Crippen LogP contribution is -2.30. The zero-order chi connectivity index (χ0) is 13.9. The molecule has 0 unspecified atom stereocenters. The molecule has 1 saturated heterocycles. The van der Waals surface area contributed by atoms with Gasteiger partial charge in [-0.1, -0.05) is 6.07 Å². The predicted octanol–water partition coefficient (Wildman–Crippen LogP) is 3.54. The third-order valence-electron chi connectivity index (χ3n) is 2.98. The number of alkyl halides is 2. The maximum atomic E-state index is 13.3. The zero-order valence-electron chi connectivity index (χ0n) is 11.0. The van der Waals surface area contributed by atoms with Crippen LogP contribution in [0, 0.1) is 0 Å². The van der Waals surface area contributed by atoms with Crippen molar-refractivity contribution in [3.8, 4) is 11.5 Å². The minimum atomic E-state index is -2.65. The van der Waals surface area contributed by atoms with Gasteiger partial charge in [-0.25, -0.2) is 4.31 Å². The first-order valence-corrected chi connectivity index (χ1v) is 6.84. The van der Waals surface area contributed by atoms with Gasteiger partial charge in [0.25, 0.3) is 0 Å². The minimum absolute atomic E-state index is 0.0477. The number of benzene rings is 1. The Kier molecular flexibility index (Phi) is 4.52. The van der Waals surface area contributed by atoms with Crippen LogP contribution in [0.5, 0.6) is 11.5 Å². The van der Waals surface area contributed by atoms with Crippen LogP contribution in [-0.2, 0) is 6.54 Å². The maximum Gasteiger partial charge on any atom is 0.307 e. The number of methoxy groups -OCH3 is 2.